The van der Waals surface area contributed by atoms with E-state index in [4.69, 9.17) is 28.1 Å². The minimum Gasteiger partial charge on any atom is 0 e. The number of benzene rings is 3. The van der Waals surface area contributed by atoms with Crippen LogP contribution in [0.2, 0.25) is 0 Å². The number of para-hydroxylation sites is 2. The number of nitrogens with zero attached hydrogens (tertiary/aromatic N) is 2. The molecule has 3 heterocycles. The molecule has 1 atom stereocenters. The Hall–Kier alpha value is -3.93. The SMILES string of the molecule is CC(C)C.CC(C)C.CC(C)Cc1cc(C(C)(C)C)cc2c1OC13Oc4c(cc(C(C)(C)C)cc4C(C)(C)C)C=[N+]1c1ccccc1[N+]3=C2.[C-]#[O+].[C-]#[O+].[C-]#[O+].[C-]#[O+].[Co]. The molecule has 0 saturated carbocycles. The molecule has 3 aliphatic rings. The summed E-state index contributed by atoms with van der Waals surface area (Å²) in [4.78, 5) is 0. The first-order valence-electron chi connectivity index (χ1n) is 19.4. The van der Waals surface area contributed by atoms with E-state index in [1.54, 1.807) is 0 Å². The van der Waals surface area contributed by atoms with Crippen LogP contribution >= 0.6 is 0 Å². The first-order valence-corrected chi connectivity index (χ1v) is 19.4. The summed E-state index contributed by atoms with van der Waals surface area (Å²) in [6.45, 7) is 56.0. The molecule has 0 bridgehead atoms. The molecule has 3 aromatic rings. The first-order chi connectivity index (χ1) is 26.5. The number of ether oxygens (including phenoxy) is 2. The first kappa shape index (κ1) is 56.2. The molecule has 1 spiro atoms. The zero-order valence-electron chi connectivity index (χ0n) is 37.9. The second-order valence-corrected chi connectivity index (χ2v) is 19.0. The van der Waals surface area contributed by atoms with Gasteiger partial charge in [-0.15, -0.1) is 0 Å². The summed E-state index contributed by atoms with van der Waals surface area (Å²) < 4.78 is 48.8. The van der Waals surface area contributed by atoms with E-state index in [1.807, 2.05) is 0 Å². The van der Waals surface area contributed by atoms with E-state index in [1.165, 1.54) is 22.3 Å². The monoisotopic (exact) mass is 837 g/mol. The van der Waals surface area contributed by atoms with Crippen LogP contribution in [0.4, 0.5) is 11.4 Å². The Morgan fingerprint density at radius 2 is 0.897 bits per heavy atom. The molecule has 0 saturated heterocycles. The fourth-order valence-corrected chi connectivity index (χ4v) is 6.17. The van der Waals surface area contributed by atoms with E-state index in [2.05, 4.69) is 214 Å². The van der Waals surface area contributed by atoms with Crippen molar-refractivity contribution >= 4 is 23.8 Å². The molecule has 1 radical (unpaired) electrons. The van der Waals surface area contributed by atoms with Gasteiger partial charge in [0.25, 0.3) is 11.4 Å². The maximum atomic E-state index is 7.50. The Morgan fingerprint density at radius 3 is 1.24 bits per heavy atom. The van der Waals surface area contributed by atoms with Crippen LogP contribution in [0.5, 0.6) is 11.5 Å². The normalized spacial score (nSPS) is 15.0. The standard InChI is InChI=1S/C37H46N2O2.2C4H10.4CO.Co/c1-23(2)16-24-17-27(34(3,4)5)18-25-21-38-30-14-12-13-15-31(30)39-22-26-19-28(35(6,7)8)20-29(36(9,10)11)33(26)41-37(38,39)40-32(24)25;2*1-4(2)3;4*1-2;/h12-15,17-23H,16H2,1-11H3;2*4H,1-3H3;;;;;/q+2;;;;;;;. The molecule has 0 aromatic heterocycles. The Labute approximate surface area is 360 Å². The van der Waals surface area contributed by atoms with Crippen LogP contribution in [0, 0.1) is 44.4 Å². The summed E-state index contributed by atoms with van der Waals surface area (Å²) in [5.41, 5.74) is 9.30. The summed E-state index contributed by atoms with van der Waals surface area (Å²) in [5.74, 6) is 3.97. The molecule has 6 rings (SSSR count). The topological polar surface area (TPSA) is 104 Å². The summed E-state index contributed by atoms with van der Waals surface area (Å²) >= 11 is 0. The number of fused-ring (bicyclic) bond motifs is 5. The number of hydrogen-bond donors (Lipinski definition) is 0. The van der Waals surface area contributed by atoms with E-state index in [0.717, 1.165) is 52.3 Å². The molecule has 3 aliphatic heterocycles. The molecule has 8 nitrogen and oxygen atoms in total. The third-order valence-electron chi connectivity index (χ3n) is 8.50. The molecular formula is C49H66CoN2O6+2. The number of hydrogen-bond acceptors (Lipinski definition) is 2. The third kappa shape index (κ3) is 13.8. The van der Waals surface area contributed by atoms with Gasteiger partial charge in [-0.25, -0.2) is 0 Å². The predicted molar refractivity (Wildman–Crippen MR) is 225 cm³/mol. The average Bonchev–Trinajstić information content (AvgIpc) is 3.39. The van der Waals surface area contributed by atoms with Gasteiger partial charge in [0, 0.05) is 34.5 Å². The molecule has 58 heavy (non-hydrogen) atoms. The largest absolute Gasteiger partial charge is 0 e. The number of rotatable bonds is 2. The zero-order valence-corrected chi connectivity index (χ0v) is 38.9. The van der Waals surface area contributed by atoms with Crippen molar-refractivity contribution in [3.05, 3.63) is 109 Å². The molecule has 9 heteroatoms. The third-order valence-corrected chi connectivity index (χ3v) is 8.50. The smallest absolute Gasteiger partial charge is 0 e. The fraction of sp³-hybridized carbons (Fsp3) is 0.510. The van der Waals surface area contributed by atoms with Crippen molar-refractivity contribution in [2.75, 3.05) is 0 Å². The van der Waals surface area contributed by atoms with Crippen LogP contribution in [-0.4, -0.2) is 27.6 Å². The summed E-state index contributed by atoms with van der Waals surface area (Å²) in [6.07, 6.45) is 5.42. The molecule has 0 amide bonds. The van der Waals surface area contributed by atoms with E-state index < -0.39 is 6.03 Å². The maximum Gasteiger partial charge on any atom is 0 e. The van der Waals surface area contributed by atoms with Crippen molar-refractivity contribution in [3.63, 3.8) is 0 Å². The van der Waals surface area contributed by atoms with Crippen LogP contribution in [-0.2, 0) is 58.1 Å². The van der Waals surface area contributed by atoms with Gasteiger partial charge in [-0.1, -0.05) is 142 Å². The zero-order chi connectivity index (χ0) is 44.9. The molecule has 315 valence electrons. The van der Waals surface area contributed by atoms with Gasteiger partial charge < -0.3 is 9.47 Å². The van der Waals surface area contributed by atoms with Crippen molar-refractivity contribution in [2.24, 2.45) is 17.8 Å². The second kappa shape index (κ2) is 23.6. The van der Waals surface area contributed by atoms with Crippen molar-refractivity contribution < 1.29 is 54.0 Å². The molecule has 0 fully saturated rings. The minimum absolute atomic E-state index is 0. The summed E-state index contributed by atoms with van der Waals surface area (Å²) in [5, 5.41) is 0. The molecule has 0 aliphatic carbocycles. The quantitative estimate of drug-likeness (QED) is 0.146. The Balaban J connectivity index is 0. The molecule has 3 aromatic carbocycles. The minimum atomic E-state index is -1.18. The predicted octanol–water partition coefficient (Wildman–Crippen LogP) is 11.9. The van der Waals surface area contributed by atoms with E-state index >= 15 is 0 Å². The van der Waals surface area contributed by atoms with E-state index in [-0.39, 0.29) is 33.0 Å². The summed E-state index contributed by atoms with van der Waals surface area (Å²) in [6, 6.07) is 16.6. The van der Waals surface area contributed by atoms with E-state index in [0.29, 0.717) is 5.92 Å². The van der Waals surface area contributed by atoms with Gasteiger partial charge in [0.15, 0.2) is 23.9 Å². The van der Waals surface area contributed by atoms with Crippen LogP contribution in [0.1, 0.15) is 151 Å². The van der Waals surface area contributed by atoms with Crippen molar-refractivity contribution in [3.8, 4) is 11.5 Å². The van der Waals surface area contributed by atoms with Crippen LogP contribution in [0.15, 0.2) is 48.5 Å². The Kier molecular flexibility index (Phi) is 22.9. The van der Waals surface area contributed by atoms with Crippen molar-refractivity contribution in [1.82, 2.24) is 0 Å². The van der Waals surface area contributed by atoms with Crippen molar-refractivity contribution in [1.29, 1.82) is 0 Å². The van der Waals surface area contributed by atoms with Crippen LogP contribution in [0.25, 0.3) is 0 Å². The van der Waals surface area contributed by atoms with Gasteiger partial charge >= 0.3 is 51.2 Å². The van der Waals surface area contributed by atoms with Gasteiger partial charge in [0.05, 0.1) is 11.1 Å². The van der Waals surface area contributed by atoms with Crippen molar-refractivity contribution in [2.45, 2.75) is 146 Å². The second-order valence-electron chi connectivity index (χ2n) is 19.0. The molecule has 1 unspecified atom stereocenters. The Morgan fingerprint density at radius 1 is 0.552 bits per heavy atom. The van der Waals surface area contributed by atoms with Gasteiger partial charge in [-0.3, -0.25) is 0 Å². The van der Waals surface area contributed by atoms with Gasteiger partial charge in [-0.2, -0.15) is 0 Å². The van der Waals surface area contributed by atoms with Crippen LogP contribution in [0.3, 0.4) is 0 Å². The summed E-state index contributed by atoms with van der Waals surface area (Å²) in [7, 11) is 0. The average molecular weight is 838 g/mol. The molecule has 0 N–H and O–H groups in total. The molecular weight excluding hydrogens is 771 g/mol. The maximum absolute atomic E-state index is 7.50. The van der Waals surface area contributed by atoms with Crippen LogP contribution < -0.4 is 9.47 Å². The van der Waals surface area contributed by atoms with Gasteiger partial charge in [0.1, 0.15) is 0 Å². The van der Waals surface area contributed by atoms with Gasteiger partial charge in [-0.05, 0) is 78.4 Å². The van der Waals surface area contributed by atoms with E-state index in [9.17, 15) is 0 Å². The Bertz CT molecular complexity index is 1910. The van der Waals surface area contributed by atoms with Gasteiger partial charge in [0.2, 0.25) is 0 Å². The fourth-order valence-electron chi connectivity index (χ4n) is 6.17.